The lowest BCUT2D eigenvalue weighted by Gasteiger charge is -2.31. The van der Waals surface area contributed by atoms with Gasteiger partial charge >= 0.3 is 11.9 Å². The molecular weight excluding hydrogens is 494 g/mol. The van der Waals surface area contributed by atoms with Crippen LogP contribution in [0.5, 0.6) is 11.5 Å². The van der Waals surface area contributed by atoms with E-state index in [4.69, 9.17) is 18.9 Å². The minimum atomic E-state index is -0.734. The molecule has 0 bridgehead atoms. The Kier molecular flexibility index (Phi) is 9.40. The number of ether oxygens (including phenoxy) is 4. The van der Waals surface area contributed by atoms with Crippen molar-refractivity contribution in [3.63, 3.8) is 0 Å². The SMILES string of the molecule is CCOC(=O)C1=CN(Cc2ccc(OC)cc2)C=C(C(=O)OCC)C1c1ccccc1OCc1ccccc1. The van der Waals surface area contributed by atoms with Gasteiger partial charge < -0.3 is 23.8 Å². The van der Waals surface area contributed by atoms with Crippen molar-refractivity contribution in [2.45, 2.75) is 32.9 Å². The highest BCUT2D eigenvalue weighted by Crippen LogP contribution is 2.41. The van der Waals surface area contributed by atoms with Crippen LogP contribution in [-0.2, 0) is 32.2 Å². The van der Waals surface area contributed by atoms with Crippen LogP contribution in [0.1, 0.15) is 36.5 Å². The Balaban J connectivity index is 1.75. The average molecular weight is 528 g/mol. The molecule has 0 fully saturated rings. The minimum Gasteiger partial charge on any atom is -0.497 e. The number of benzene rings is 3. The summed E-state index contributed by atoms with van der Waals surface area (Å²) < 4.78 is 22.4. The van der Waals surface area contributed by atoms with Crippen molar-refractivity contribution < 1.29 is 28.5 Å². The van der Waals surface area contributed by atoms with Gasteiger partial charge in [0.2, 0.25) is 0 Å². The summed E-state index contributed by atoms with van der Waals surface area (Å²) in [6.07, 6.45) is 3.48. The van der Waals surface area contributed by atoms with Crippen LogP contribution in [0.4, 0.5) is 0 Å². The van der Waals surface area contributed by atoms with Crippen molar-refractivity contribution in [1.29, 1.82) is 0 Å². The molecule has 1 heterocycles. The lowest BCUT2D eigenvalue weighted by molar-refractivity contribution is -0.139. The zero-order valence-electron chi connectivity index (χ0n) is 22.5. The summed E-state index contributed by atoms with van der Waals surface area (Å²) in [5.41, 5.74) is 3.30. The number of esters is 2. The fourth-order valence-corrected chi connectivity index (χ4v) is 4.44. The van der Waals surface area contributed by atoms with E-state index in [1.54, 1.807) is 33.4 Å². The van der Waals surface area contributed by atoms with Gasteiger partial charge in [-0.25, -0.2) is 9.59 Å². The molecule has 202 valence electrons. The van der Waals surface area contributed by atoms with Gasteiger partial charge in [0.15, 0.2) is 0 Å². The first-order valence-corrected chi connectivity index (χ1v) is 13.0. The zero-order valence-corrected chi connectivity index (χ0v) is 22.5. The molecule has 0 saturated carbocycles. The fourth-order valence-electron chi connectivity index (χ4n) is 4.44. The summed E-state index contributed by atoms with van der Waals surface area (Å²) in [6.45, 7) is 4.67. The van der Waals surface area contributed by atoms with E-state index in [0.717, 1.165) is 16.9 Å². The number of hydrogen-bond acceptors (Lipinski definition) is 7. The van der Waals surface area contributed by atoms with Crippen LogP contribution in [0.2, 0.25) is 0 Å². The standard InChI is InChI=1S/C32H33NO6/c1-4-37-31(34)27-20-33(19-23-15-17-25(36-3)18-16-23)21-28(32(35)38-5-2)30(27)26-13-9-10-14-29(26)39-22-24-11-7-6-8-12-24/h6-18,20-21,30H,4-5,19,22H2,1-3H3. The number of nitrogens with zero attached hydrogens (tertiary/aromatic N) is 1. The van der Waals surface area contributed by atoms with Crippen molar-refractivity contribution in [1.82, 2.24) is 4.90 Å². The van der Waals surface area contributed by atoms with E-state index in [9.17, 15) is 9.59 Å². The third kappa shape index (κ3) is 6.87. The van der Waals surface area contributed by atoms with E-state index in [-0.39, 0.29) is 13.2 Å². The van der Waals surface area contributed by atoms with Gasteiger partial charge in [-0.1, -0.05) is 60.7 Å². The first-order chi connectivity index (χ1) is 19.0. The molecule has 7 nitrogen and oxygen atoms in total. The predicted octanol–water partition coefficient (Wildman–Crippen LogP) is 5.77. The molecule has 1 aliphatic rings. The Morgan fingerprint density at radius 3 is 1.92 bits per heavy atom. The van der Waals surface area contributed by atoms with Gasteiger partial charge in [0.1, 0.15) is 18.1 Å². The van der Waals surface area contributed by atoms with E-state index in [0.29, 0.717) is 35.6 Å². The zero-order chi connectivity index (χ0) is 27.6. The van der Waals surface area contributed by atoms with Crippen molar-refractivity contribution in [2.75, 3.05) is 20.3 Å². The van der Waals surface area contributed by atoms with Crippen molar-refractivity contribution in [3.05, 3.63) is 119 Å². The quantitative estimate of drug-likeness (QED) is 0.293. The van der Waals surface area contributed by atoms with Crippen LogP contribution in [0.15, 0.2) is 102 Å². The number of rotatable bonds is 11. The monoisotopic (exact) mass is 527 g/mol. The van der Waals surface area contributed by atoms with E-state index in [1.807, 2.05) is 83.8 Å². The van der Waals surface area contributed by atoms with Crippen LogP contribution in [0, 0.1) is 0 Å². The van der Waals surface area contributed by atoms with Gasteiger partial charge in [-0.2, -0.15) is 0 Å². The highest BCUT2D eigenvalue weighted by Gasteiger charge is 2.37. The summed E-state index contributed by atoms with van der Waals surface area (Å²) in [7, 11) is 1.61. The van der Waals surface area contributed by atoms with Crippen LogP contribution in [0.3, 0.4) is 0 Å². The number of para-hydroxylation sites is 1. The normalized spacial score (nSPS) is 13.3. The van der Waals surface area contributed by atoms with Crippen molar-refractivity contribution in [3.8, 4) is 11.5 Å². The molecule has 3 aromatic carbocycles. The average Bonchev–Trinajstić information content (AvgIpc) is 2.97. The van der Waals surface area contributed by atoms with Crippen molar-refractivity contribution >= 4 is 11.9 Å². The Labute approximate surface area is 229 Å². The maximum atomic E-state index is 13.3. The second kappa shape index (κ2) is 13.3. The Morgan fingerprint density at radius 2 is 1.33 bits per heavy atom. The van der Waals surface area contributed by atoms with Crippen LogP contribution in [0.25, 0.3) is 0 Å². The third-order valence-electron chi connectivity index (χ3n) is 6.25. The maximum Gasteiger partial charge on any atom is 0.336 e. The third-order valence-corrected chi connectivity index (χ3v) is 6.25. The minimum absolute atomic E-state index is 0.200. The molecule has 3 aromatic rings. The molecule has 0 saturated heterocycles. The highest BCUT2D eigenvalue weighted by molar-refractivity contribution is 5.99. The molecule has 39 heavy (non-hydrogen) atoms. The fraction of sp³-hybridized carbons (Fsp3) is 0.250. The van der Waals surface area contributed by atoms with Crippen molar-refractivity contribution in [2.24, 2.45) is 0 Å². The number of methoxy groups -OCH3 is 1. The van der Waals surface area contributed by atoms with Gasteiger partial charge in [-0.3, -0.25) is 0 Å². The molecule has 4 rings (SSSR count). The van der Waals surface area contributed by atoms with Crippen LogP contribution < -0.4 is 9.47 Å². The second-order valence-electron chi connectivity index (χ2n) is 8.88. The molecule has 0 spiro atoms. The summed E-state index contributed by atoms with van der Waals surface area (Å²) >= 11 is 0. The summed E-state index contributed by atoms with van der Waals surface area (Å²) in [6, 6.07) is 24.9. The summed E-state index contributed by atoms with van der Waals surface area (Å²) in [5.74, 6) is -0.428. The van der Waals surface area contributed by atoms with Crippen LogP contribution >= 0.6 is 0 Å². The van der Waals surface area contributed by atoms with Gasteiger partial charge in [0.25, 0.3) is 0 Å². The van der Waals surface area contributed by atoms with E-state index >= 15 is 0 Å². The van der Waals surface area contributed by atoms with E-state index < -0.39 is 17.9 Å². The topological polar surface area (TPSA) is 74.3 Å². The maximum absolute atomic E-state index is 13.3. The van der Waals surface area contributed by atoms with Gasteiger partial charge in [0.05, 0.1) is 37.4 Å². The molecule has 0 N–H and O–H groups in total. The number of carbonyl (C=O) groups is 2. The molecular formula is C32H33NO6. The largest absolute Gasteiger partial charge is 0.497 e. The smallest absolute Gasteiger partial charge is 0.336 e. The van der Waals surface area contributed by atoms with Gasteiger partial charge in [-0.05, 0) is 43.2 Å². The lowest BCUT2D eigenvalue weighted by atomic mass is 9.82. The predicted molar refractivity (Wildman–Crippen MR) is 148 cm³/mol. The second-order valence-corrected chi connectivity index (χ2v) is 8.88. The molecule has 1 aliphatic heterocycles. The molecule has 0 unspecified atom stereocenters. The molecule has 0 atom stereocenters. The Hall–Kier alpha value is -4.52. The van der Waals surface area contributed by atoms with Gasteiger partial charge in [-0.15, -0.1) is 0 Å². The molecule has 0 radical (unpaired) electrons. The first-order valence-electron chi connectivity index (χ1n) is 13.0. The van der Waals surface area contributed by atoms with E-state index in [2.05, 4.69) is 0 Å². The first kappa shape index (κ1) is 27.5. The molecule has 0 amide bonds. The lowest BCUT2D eigenvalue weighted by Crippen LogP contribution is -2.29. The number of hydrogen-bond donors (Lipinski definition) is 0. The molecule has 7 heteroatoms. The number of carbonyl (C=O) groups excluding carboxylic acids is 2. The summed E-state index contributed by atoms with van der Waals surface area (Å²) in [5, 5.41) is 0. The van der Waals surface area contributed by atoms with Gasteiger partial charge in [0, 0.05) is 24.5 Å². The summed E-state index contributed by atoms with van der Waals surface area (Å²) in [4.78, 5) is 28.5. The van der Waals surface area contributed by atoms with E-state index in [1.165, 1.54) is 0 Å². The van der Waals surface area contributed by atoms with Crippen LogP contribution in [-0.4, -0.2) is 37.2 Å². The Morgan fingerprint density at radius 1 is 0.744 bits per heavy atom. The highest BCUT2D eigenvalue weighted by atomic mass is 16.5. The molecule has 0 aliphatic carbocycles. The Bertz CT molecular complexity index is 1290. The molecule has 0 aromatic heterocycles.